The minimum atomic E-state index is -0.0200. The third-order valence-electron chi connectivity index (χ3n) is 12.6. The predicted octanol–water partition coefficient (Wildman–Crippen LogP) is 12.4. The van der Waals surface area contributed by atoms with E-state index in [9.17, 15) is 0 Å². The van der Waals surface area contributed by atoms with Gasteiger partial charge in [-0.05, 0) is 101 Å². The molecule has 9 aromatic carbocycles. The van der Waals surface area contributed by atoms with Crippen molar-refractivity contribution in [3.63, 3.8) is 0 Å². The topological polar surface area (TPSA) is 14.1 Å². The molecular weight excluding hydrogens is 715 g/mol. The summed E-state index contributed by atoms with van der Waals surface area (Å²) in [7, 11) is 0. The average Bonchev–Trinajstić information content (AvgIpc) is 3.82. The molecule has 0 radical (unpaired) electrons. The summed E-state index contributed by atoms with van der Waals surface area (Å²) >= 11 is 0. The lowest BCUT2D eigenvalue weighted by Gasteiger charge is -2.45. The van der Waals surface area contributed by atoms with Gasteiger partial charge < -0.3 is 19.1 Å². The van der Waals surface area contributed by atoms with Crippen LogP contribution in [0.15, 0.2) is 212 Å². The monoisotopic (exact) mass is 750 g/mol. The van der Waals surface area contributed by atoms with Crippen molar-refractivity contribution in [3.05, 3.63) is 212 Å². The smallest absolute Gasteiger partial charge is 0.252 e. The number of hydrogen-bond donors (Lipinski definition) is 0. The molecule has 0 fully saturated rings. The molecule has 0 unspecified atom stereocenters. The highest BCUT2D eigenvalue weighted by molar-refractivity contribution is 7.00. The Bertz CT molecular complexity index is 3360. The maximum absolute atomic E-state index is 2.53. The van der Waals surface area contributed by atoms with Crippen LogP contribution in [-0.2, 0) is 0 Å². The Morgan fingerprint density at radius 1 is 0.339 bits per heavy atom. The first-order valence-corrected chi connectivity index (χ1v) is 20.4. The van der Waals surface area contributed by atoms with Gasteiger partial charge in [0.05, 0.1) is 22.2 Å². The number of benzene rings is 9. The number of hydrogen-bond acceptors (Lipinski definition) is 3. The van der Waals surface area contributed by atoms with Gasteiger partial charge in [-0.3, -0.25) is 0 Å². The fourth-order valence-corrected chi connectivity index (χ4v) is 10.3. The quantitative estimate of drug-likeness (QED) is 0.163. The molecule has 0 aliphatic carbocycles. The standard InChI is InChI=1S/C54H35BN4/c1-5-18-36(19-6-1)56(37-20-7-2-8-21-37)40-32-51-53-52(33-40)58(39-24-11-4-12-25-39)50-34-44-43-28-17-27-42-41-26-13-15-30-47(41)59(54(42)43)49(44)35-46(50)55(53)45-29-14-16-31-48(45)57(51)38-22-9-3-10-23-38/h1-35H. The van der Waals surface area contributed by atoms with Crippen molar-refractivity contribution in [2.45, 2.75) is 0 Å². The van der Waals surface area contributed by atoms with Crippen LogP contribution in [0.1, 0.15) is 0 Å². The van der Waals surface area contributed by atoms with E-state index < -0.39 is 0 Å². The van der Waals surface area contributed by atoms with Gasteiger partial charge in [-0.25, -0.2) is 0 Å². The van der Waals surface area contributed by atoms with E-state index >= 15 is 0 Å². The molecule has 2 aromatic heterocycles. The van der Waals surface area contributed by atoms with Gasteiger partial charge in [-0.2, -0.15) is 0 Å². The summed E-state index contributed by atoms with van der Waals surface area (Å²) < 4.78 is 2.52. The lowest BCUT2D eigenvalue weighted by atomic mass is 9.33. The summed E-state index contributed by atoms with van der Waals surface area (Å²) in [5.41, 5.74) is 18.0. The number of rotatable bonds is 5. The van der Waals surface area contributed by atoms with Crippen LogP contribution in [0.3, 0.4) is 0 Å². The molecule has 0 saturated heterocycles. The fourth-order valence-electron chi connectivity index (χ4n) is 10.3. The molecule has 2 aliphatic heterocycles. The largest absolute Gasteiger partial charge is 0.311 e. The van der Waals surface area contributed by atoms with E-state index in [2.05, 4.69) is 231 Å². The predicted molar refractivity (Wildman–Crippen MR) is 250 cm³/mol. The lowest BCUT2D eigenvalue weighted by molar-refractivity contribution is 1.23. The van der Waals surface area contributed by atoms with Gasteiger partial charge in [0.1, 0.15) is 0 Å². The van der Waals surface area contributed by atoms with Crippen molar-refractivity contribution in [2.75, 3.05) is 14.7 Å². The first-order valence-electron chi connectivity index (χ1n) is 20.4. The molecule has 0 atom stereocenters. The van der Waals surface area contributed by atoms with Crippen LogP contribution in [0.2, 0.25) is 0 Å². The van der Waals surface area contributed by atoms with Crippen LogP contribution >= 0.6 is 0 Å². The van der Waals surface area contributed by atoms with Gasteiger partial charge in [0.15, 0.2) is 0 Å². The number of nitrogens with zero attached hydrogens (tertiary/aromatic N) is 4. The van der Waals surface area contributed by atoms with Crippen molar-refractivity contribution < 1.29 is 0 Å². The van der Waals surface area contributed by atoms with Crippen molar-refractivity contribution in [1.82, 2.24) is 4.40 Å². The number of anilines is 9. The van der Waals surface area contributed by atoms with Crippen LogP contribution in [-0.4, -0.2) is 11.1 Å². The van der Waals surface area contributed by atoms with Crippen LogP contribution in [0.4, 0.5) is 51.2 Å². The zero-order valence-electron chi connectivity index (χ0n) is 32.1. The zero-order valence-corrected chi connectivity index (χ0v) is 32.1. The fraction of sp³-hybridized carbons (Fsp3) is 0. The van der Waals surface area contributed by atoms with E-state index in [1.165, 1.54) is 77.2 Å². The highest BCUT2D eigenvalue weighted by Crippen LogP contribution is 2.49. The van der Waals surface area contributed by atoms with Crippen LogP contribution in [0, 0.1) is 0 Å². The summed E-state index contributed by atoms with van der Waals surface area (Å²) in [5, 5.41) is 5.14. The lowest BCUT2D eigenvalue weighted by Crippen LogP contribution is -2.61. The molecular formula is C54H35BN4. The second kappa shape index (κ2) is 12.4. The summed E-state index contributed by atoms with van der Waals surface area (Å²) in [4.78, 5) is 7.42. The average molecular weight is 751 g/mol. The van der Waals surface area contributed by atoms with Gasteiger partial charge in [-0.1, -0.05) is 127 Å². The first-order chi connectivity index (χ1) is 29.3. The number of fused-ring (bicyclic) bond motifs is 10. The Balaban J connectivity index is 1.19. The third-order valence-corrected chi connectivity index (χ3v) is 12.6. The van der Waals surface area contributed by atoms with E-state index in [1.807, 2.05) is 0 Å². The van der Waals surface area contributed by atoms with E-state index in [1.54, 1.807) is 0 Å². The molecule has 4 heterocycles. The minimum Gasteiger partial charge on any atom is -0.311 e. The molecule has 0 amide bonds. The Kier molecular flexibility index (Phi) is 6.78. The zero-order chi connectivity index (χ0) is 38.6. The minimum absolute atomic E-state index is 0.0200. The van der Waals surface area contributed by atoms with Gasteiger partial charge in [0.25, 0.3) is 6.71 Å². The van der Waals surface area contributed by atoms with Crippen molar-refractivity contribution in [1.29, 1.82) is 0 Å². The van der Waals surface area contributed by atoms with E-state index in [0.29, 0.717) is 0 Å². The molecule has 4 nitrogen and oxygen atoms in total. The van der Waals surface area contributed by atoms with Gasteiger partial charge in [0.2, 0.25) is 0 Å². The van der Waals surface area contributed by atoms with E-state index in [0.717, 1.165) is 28.4 Å². The Morgan fingerprint density at radius 3 is 1.53 bits per heavy atom. The number of para-hydroxylation sites is 7. The van der Waals surface area contributed by atoms with Crippen molar-refractivity contribution in [3.8, 4) is 0 Å². The summed E-state index contributed by atoms with van der Waals surface area (Å²) in [6, 6.07) is 78.0. The Hall–Kier alpha value is -7.76. The van der Waals surface area contributed by atoms with Gasteiger partial charge in [-0.15, -0.1) is 0 Å². The van der Waals surface area contributed by atoms with E-state index in [4.69, 9.17) is 0 Å². The second-order valence-corrected chi connectivity index (χ2v) is 15.7. The van der Waals surface area contributed by atoms with Crippen LogP contribution < -0.4 is 31.1 Å². The van der Waals surface area contributed by atoms with Crippen LogP contribution in [0.25, 0.3) is 38.1 Å². The summed E-state index contributed by atoms with van der Waals surface area (Å²) in [6.07, 6.45) is 0. The molecule has 5 heteroatoms. The van der Waals surface area contributed by atoms with Crippen molar-refractivity contribution >= 4 is 112 Å². The molecule has 13 rings (SSSR count). The Labute approximate surface area is 342 Å². The summed E-state index contributed by atoms with van der Waals surface area (Å²) in [6.45, 7) is -0.0200. The molecule has 11 aromatic rings. The van der Waals surface area contributed by atoms with E-state index in [-0.39, 0.29) is 6.71 Å². The molecule has 0 N–H and O–H groups in total. The first kappa shape index (κ1) is 32.3. The molecule has 0 bridgehead atoms. The molecule has 0 spiro atoms. The summed E-state index contributed by atoms with van der Waals surface area (Å²) in [5.74, 6) is 0. The normalized spacial score (nSPS) is 13.0. The maximum Gasteiger partial charge on any atom is 0.252 e. The second-order valence-electron chi connectivity index (χ2n) is 15.7. The Morgan fingerprint density at radius 2 is 0.864 bits per heavy atom. The van der Waals surface area contributed by atoms with Gasteiger partial charge in [0, 0.05) is 67.0 Å². The molecule has 274 valence electrons. The highest BCUT2D eigenvalue weighted by Gasteiger charge is 2.44. The molecule has 0 saturated carbocycles. The molecule has 59 heavy (non-hydrogen) atoms. The third kappa shape index (κ3) is 4.55. The van der Waals surface area contributed by atoms with Gasteiger partial charge >= 0.3 is 0 Å². The molecule has 2 aliphatic rings. The highest BCUT2D eigenvalue weighted by atomic mass is 15.2. The van der Waals surface area contributed by atoms with Crippen LogP contribution in [0.5, 0.6) is 0 Å². The maximum atomic E-state index is 2.53. The SMILES string of the molecule is c1ccc(N(c2ccccc2)c2cc3c4c(c2)N(c2ccccc2)c2cc5c6cccc7c8ccccc8n(c5cc2B4c2ccccc2N3c2ccccc2)c76)cc1. The van der Waals surface area contributed by atoms with Crippen molar-refractivity contribution in [2.24, 2.45) is 0 Å². The number of aromatic nitrogens is 1.